The van der Waals surface area contributed by atoms with Crippen LogP contribution in [0.5, 0.6) is 0 Å². The fourth-order valence-electron chi connectivity index (χ4n) is 2.22. The number of halogens is 1. The zero-order valence-electron chi connectivity index (χ0n) is 13.8. The quantitative estimate of drug-likeness (QED) is 0.498. The molecular weight excluding hydrogens is 380 g/mol. The molecule has 0 atom stereocenters. The van der Waals surface area contributed by atoms with Crippen molar-refractivity contribution >= 4 is 33.2 Å². The minimum absolute atomic E-state index is 0.0720. The number of sulfone groups is 1. The van der Waals surface area contributed by atoms with Gasteiger partial charge in [-0.2, -0.15) is 0 Å². The van der Waals surface area contributed by atoms with Gasteiger partial charge in [-0.25, -0.2) is 23.4 Å². The first-order valence-corrected chi connectivity index (χ1v) is 10.4. The van der Waals surface area contributed by atoms with E-state index in [0.717, 1.165) is 23.1 Å². The first kappa shape index (κ1) is 17.9. The topological polar surface area (TPSA) is 77.7 Å². The van der Waals surface area contributed by atoms with E-state index in [9.17, 15) is 8.42 Å². The average Bonchev–Trinajstić information content (AvgIpc) is 2.96. The normalized spacial score (nSPS) is 11.7. The summed E-state index contributed by atoms with van der Waals surface area (Å²) in [7, 11) is -3.55. The largest absolute Gasteiger partial charge is 0.294 e. The molecule has 9 heteroatoms. The Labute approximate surface area is 155 Å². The highest BCUT2D eigenvalue weighted by atomic mass is 35.5. The maximum Gasteiger partial charge on any atom is 0.249 e. The highest BCUT2D eigenvalue weighted by Crippen LogP contribution is 2.30. The fraction of sp³-hybridized carbons (Fsp3) is 0.188. The first-order valence-electron chi connectivity index (χ1n) is 7.27. The van der Waals surface area contributed by atoms with E-state index in [1.807, 2.05) is 36.7 Å². The molecule has 3 rings (SSSR count). The number of hydrogen-bond acceptors (Lipinski definition) is 6. The minimum atomic E-state index is -3.55. The van der Waals surface area contributed by atoms with Crippen LogP contribution in [-0.2, 0) is 9.84 Å². The van der Waals surface area contributed by atoms with Crippen LogP contribution in [0.1, 0.15) is 11.1 Å². The van der Waals surface area contributed by atoms with Crippen LogP contribution < -0.4 is 0 Å². The summed E-state index contributed by atoms with van der Waals surface area (Å²) in [5.41, 5.74) is 3.24. The Morgan fingerprint density at radius 2 is 1.92 bits per heavy atom. The second-order valence-electron chi connectivity index (χ2n) is 5.56. The van der Waals surface area contributed by atoms with Crippen LogP contribution in [-0.4, -0.2) is 34.2 Å². The van der Waals surface area contributed by atoms with Crippen LogP contribution in [0.15, 0.2) is 52.0 Å². The van der Waals surface area contributed by atoms with Crippen LogP contribution >= 0.6 is 23.4 Å². The Morgan fingerprint density at radius 3 is 2.64 bits per heavy atom. The minimum Gasteiger partial charge on any atom is -0.294 e. The van der Waals surface area contributed by atoms with E-state index in [2.05, 4.69) is 21.0 Å². The molecule has 0 amide bonds. The lowest BCUT2D eigenvalue weighted by Gasteiger charge is -2.11. The first-order chi connectivity index (χ1) is 11.7. The molecule has 0 bridgehead atoms. The van der Waals surface area contributed by atoms with Crippen molar-refractivity contribution in [1.29, 1.82) is 0 Å². The van der Waals surface area contributed by atoms with Crippen molar-refractivity contribution in [2.24, 2.45) is 0 Å². The van der Waals surface area contributed by atoms with Crippen molar-refractivity contribution in [3.05, 3.63) is 52.9 Å². The van der Waals surface area contributed by atoms with E-state index in [1.165, 1.54) is 17.8 Å². The standard InChI is InChI=1S/C16H15ClN4O2S2/c1-10-4-5-11(2)12(8-10)21-7-6-18-16(21)24-14-9-13(17)19-15(20-14)25(3,22)23/h4-9H,1-3H3. The van der Waals surface area contributed by atoms with Crippen molar-refractivity contribution < 1.29 is 8.42 Å². The third kappa shape index (κ3) is 4.02. The molecule has 0 aliphatic heterocycles. The van der Waals surface area contributed by atoms with Gasteiger partial charge in [0.15, 0.2) is 5.16 Å². The number of imidazole rings is 1. The molecule has 2 heterocycles. The molecule has 6 nitrogen and oxygen atoms in total. The maximum absolute atomic E-state index is 11.7. The van der Waals surface area contributed by atoms with Crippen LogP contribution in [0.25, 0.3) is 5.69 Å². The number of nitrogens with zero attached hydrogens (tertiary/aromatic N) is 4. The highest BCUT2D eigenvalue weighted by molar-refractivity contribution is 7.99. The molecule has 2 aromatic heterocycles. The smallest absolute Gasteiger partial charge is 0.249 e. The number of benzene rings is 1. The summed E-state index contributed by atoms with van der Waals surface area (Å²) < 4.78 is 25.3. The fourth-order valence-corrected chi connectivity index (χ4v) is 3.96. The summed E-state index contributed by atoms with van der Waals surface area (Å²) in [5.74, 6) is 0. The van der Waals surface area contributed by atoms with Crippen LogP contribution in [0.2, 0.25) is 5.15 Å². The number of rotatable bonds is 4. The van der Waals surface area contributed by atoms with E-state index < -0.39 is 9.84 Å². The van der Waals surface area contributed by atoms with Gasteiger partial charge in [0.25, 0.3) is 0 Å². The summed E-state index contributed by atoms with van der Waals surface area (Å²) >= 11 is 7.17. The van der Waals surface area contributed by atoms with E-state index in [-0.39, 0.29) is 10.3 Å². The van der Waals surface area contributed by atoms with Crippen molar-refractivity contribution in [3.8, 4) is 5.69 Å². The molecular formula is C16H15ClN4O2S2. The van der Waals surface area contributed by atoms with Gasteiger partial charge in [-0.1, -0.05) is 23.7 Å². The monoisotopic (exact) mass is 394 g/mol. The predicted octanol–water partition coefficient (Wildman–Crippen LogP) is 3.49. The number of aromatic nitrogens is 4. The maximum atomic E-state index is 11.7. The van der Waals surface area contributed by atoms with Crippen molar-refractivity contribution in [2.75, 3.05) is 6.26 Å². The van der Waals surface area contributed by atoms with E-state index in [0.29, 0.717) is 10.2 Å². The molecule has 0 N–H and O–H groups in total. The molecule has 1 aromatic carbocycles. The lowest BCUT2D eigenvalue weighted by molar-refractivity contribution is 0.591. The van der Waals surface area contributed by atoms with Gasteiger partial charge in [0, 0.05) is 24.7 Å². The van der Waals surface area contributed by atoms with E-state index in [1.54, 1.807) is 6.20 Å². The van der Waals surface area contributed by atoms with Crippen LogP contribution in [0.3, 0.4) is 0 Å². The van der Waals surface area contributed by atoms with Gasteiger partial charge in [-0.15, -0.1) is 0 Å². The Balaban J connectivity index is 2.03. The molecule has 25 heavy (non-hydrogen) atoms. The number of aryl methyl sites for hydroxylation is 2. The van der Waals surface area contributed by atoms with Gasteiger partial charge in [-0.3, -0.25) is 4.57 Å². The summed E-state index contributed by atoms with van der Waals surface area (Å²) in [6.07, 6.45) is 4.58. The summed E-state index contributed by atoms with van der Waals surface area (Å²) in [4.78, 5) is 12.2. The van der Waals surface area contributed by atoms with Gasteiger partial charge in [0.2, 0.25) is 15.0 Å². The van der Waals surface area contributed by atoms with Crippen LogP contribution in [0, 0.1) is 13.8 Å². The third-order valence-electron chi connectivity index (χ3n) is 3.41. The Bertz CT molecular complexity index is 1050. The van der Waals surface area contributed by atoms with E-state index in [4.69, 9.17) is 11.6 Å². The van der Waals surface area contributed by atoms with E-state index >= 15 is 0 Å². The molecule has 0 fully saturated rings. The zero-order chi connectivity index (χ0) is 18.2. The van der Waals surface area contributed by atoms with Crippen molar-refractivity contribution in [2.45, 2.75) is 29.2 Å². The molecule has 0 saturated heterocycles. The van der Waals surface area contributed by atoms with Gasteiger partial charge in [0.05, 0.1) is 5.69 Å². The summed E-state index contributed by atoms with van der Waals surface area (Å²) in [6.45, 7) is 4.04. The van der Waals surface area contributed by atoms with Crippen molar-refractivity contribution in [3.63, 3.8) is 0 Å². The Kier molecular flexibility index (Phi) is 4.86. The van der Waals surface area contributed by atoms with Crippen molar-refractivity contribution in [1.82, 2.24) is 19.5 Å². The second kappa shape index (κ2) is 6.78. The third-order valence-corrected chi connectivity index (χ3v) is 5.35. The Morgan fingerprint density at radius 1 is 1.16 bits per heavy atom. The number of hydrogen-bond donors (Lipinski definition) is 0. The average molecular weight is 395 g/mol. The highest BCUT2D eigenvalue weighted by Gasteiger charge is 2.16. The molecule has 0 saturated carbocycles. The summed E-state index contributed by atoms with van der Waals surface area (Å²) in [6, 6.07) is 7.67. The van der Waals surface area contributed by atoms with Gasteiger partial charge >= 0.3 is 0 Å². The molecule has 130 valence electrons. The van der Waals surface area contributed by atoms with Gasteiger partial charge in [0.1, 0.15) is 10.2 Å². The molecule has 0 spiro atoms. The lowest BCUT2D eigenvalue weighted by Crippen LogP contribution is -2.05. The van der Waals surface area contributed by atoms with Gasteiger partial charge < -0.3 is 0 Å². The SMILES string of the molecule is Cc1ccc(C)c(-n2ccnc2Sc2cc(Cl)nc(S(C)(=O)=O)n2)c1. The molecule has 0 radical (unpaired) electrons. The summed E-state index contributed by atoms with van der Waals surface area (Å²) in [5, 5.41) is 0.844. The Hall–Kier alpha value is -1.90. The molecule has 3 aromatic rings. The second-order valence-corrected chi connectivity index (χ2v) is 8.84. The van der Waals surface area contributed by atoms with Gasteiger partial charge in [-0.05, 0) is 42.8 Å². The zero-order valence-corrected chi connectivity index (χ0v) is 16.2. The molecule has 0 aliphatic rings. The molecule has 0 aliphatic carbocycles. The predicted molar refractivity (Wildman–Crippen MR) is 97.3 cm³/mol. The lowest BCUT2D eigenvalue weighted by atomic mass is 10.1. The molecule has 0 unspecified atom stereocenters. The van der Waals surface area contributed by atoms with Crippen LogP contribution in [0.4, 0.5) is 0 Å².